The van der Waals surface area contributed by atoms with Crippen molar-refractivity contribution in [3.05, 3.63) is 33.8 Å². The van der Waals surface area contributed by atoms with Gasteiger partial charge in [-0.15, -0.1) is 0 Å². The van der Waals surface area contributed by atoms with Crippen LogP contribution in [0.25, 0.3) is 0 Å². The lowest BCUT2D eigenvalue weighted by Crippen LogP contribution is -2.54. The van der Waals surface area contributed by atoms with Gasteiger partial charge in [0.1, 0.15) is 0 Å². The zero-order valence-corrected chi connectivity index (χ0v) is 16.6. The fraction of sp³-hybridized carbons (Fsp3) is 0.632. The van der Waals surface area contributed by atoms with Crippen LogP contribution in [0.2, 0.25) is 10.0 Å². The van der Waals surface area contributed by atoms with E-state index >= 15 is 0 Å². The van der Waals surface area contributed by atoms with Crippen LogP contribution in [0, 0.1) is 0 Å². The van der Waals surface area contributed by atoms with Gasteiger partial charge in [0.2, 0.25) is 0 Å². The molecular formula is C19H27Cl2N3O. The minimum atomic E-state index is 0.0609. The number of hydrogen-bond donors (Lipinski definition) is 0. The summed E-state index contributed by atoms with van der Waals surface area (Å²) in [6.45, 7) is 4.15. The molecule has 0 atom stereocenters. The van der Waals surface area contributed by atoms with Crippen LogP contribution in [0.5, 0.6) is 0 Å². The van der Waals surface area contributed by atoms with Crippen LogP contribution in [-0.4, -0.2) is 73.0 Å². The van der Waals surface area contributed by atoms with Gasteiger partial charge in [0.15, 0.2) is 0 Å². The van der Waals surface area contributed by atoms with Gasteiger partial charge in [0.05, 0.1) is 10.6 Å². The van der Waals surface area contributed by atoms with E-state index in [0.29, 0.717) is 27.7 Å². The summed E-state index contributed by atoms with van der Waals surface area (Å²) in [7, 11) is 4.29. The highest BCUT2D eigenvalue weighted by atomic mass is 35.5. The summed E-state index contributed by atoms with van der Waals surface area (Å²) in [5.74, 6) is 0.0609. The molecule has 2 saturated heterocycles. The van der Waals surface area contributed by atoms with E-state index in [1.807, 2.05) is 0 Å². The number of likely N-dealkylation sites (tertiary alicyclic amines) is 2. The van der Waals surface area contributed by atoms with E-state index in [9.17, 15) is 4.79 Å². The van der Waals surface area contributed by atoms with E-state index in [4.69, 9.17) is 23.2 Å². The molecule has 0 aromatic heterocycles. The molecule has 6 heteroatoms. The third-order valence-electron chi connectivity index (χ3n) is 5.56. The van der Waals surface area contributed by atoms with E-state index in [1.54, 1.807) is 18.2 Å². The molecule has 1 aromatic rings. The summed E-state index contributed by atoms with van der Waals surface area (Å²) in [4.78, 5) is 20.2. The molecule has 3 rings (SSSR count). The van der Waals surface area contributed by atoms with Crippen LogP contribution in [0.3, 0.4) is 0 Å². The first-order chi connectivity index (χ1) is 12.0. The molecule has 138 valence electrons. The fourth-order valence-corrected chi connectivity index (χ4v) is 4.47. The van der Waals surface area contributed by atoms with Gasteiger partial charge in [-0.05, 0) is 84.2 Å². The molecule has 0 radical (unpaired) electrons. The molecule has 2 aliphatic rings. The van der Waals surface area contributed by atoms with Gasteiger partial charge in [0.25, 0.3) is 5.91 Å². The first-order valence-electron chi connectivity index (χ1n) is 9.10. The number of carbonyl (C=O) groups is 1. The van der Waals surface area contributed by atoms with E-state index in [0.717, 1.165) is 51.9 Å². The lowest BCUT2D eigenvalue weighted by Gasteiger charge is -2.44. The zero-order valence-electron chi connectivity index (χ0n) is 15.0. The smallest absolute Gasteiger partial charge is 0.255 e. The predicted octanol–water partition coefficient (Wildman–Crippen LogP) is 3.62. The summed E-state index contributed by atoms with van der Waals surface area (Å²) in [5.41, 5.74) is 0.573. The molecule has 2 fully saturated rings. The van der Waals surface area contributed by atoms with Gasteiger partial charge in [-0.25, -0.2) is 0 Å². The van der Waals surface area contributed by atoms with Crippen LogP contribution in [-0.2, 0) is 0 Å². The van der Waals surface area contributed by atoms with Crippen molar-refractivity contribution in [1.29, 1.82) is 0 Å². The zero-order chi connectivity index (χ0) is 18.0. The van der Waals surface area contributed by atoms with Gasteiger partial charge in [-0.1, -0.05) is 23.2 Å². The van der Waals surface area contributed by atoms with Gasteiger partial charge < -0.3 is 14.7 Å². The normalized spacial score (nSPS) is 21.4. The molecule has 2 aliphatic heterocycles. The summed E-state index contributed by atoms with van der Waals surface area (Å²) in [5, 5.41) is 1.01. The number of hydrogen-bond acceptors (Lipinski definition) is 3. The standard InChI is InChI=1S/C19H27Cl2N3O/c1-22-9-5-15(6-10-22)24(16-7-11-23(2)12-8-16)19(25)17-4-3-14(20)13-18(17)21/h3-4,13,15-16H,5-12H2,1-2H3. The molecule has 0 bridgehead atoms. The molecule has 0 unspecified atom stereocenters. The number of carbonyl (C=O) groups excluding carboxylic acids is 1. The number of amides is 1. The van der Waals surface area contributed by atoms with Crippen molar-refractivity contribution in [3.63, 3.8) is 0 Å². The minimum Gasteiger partial charge on any atom is -0.332 e. The highest BCUT2D eigenvalue weighted by molar-refractivity contribution is 6.36. The quantitative estimate of drug-likeness (QED) is 0.797. The Morgan fingerprint density at radius 2 is 1.44 bits per heavy atom. The van der Waals surface area contributed by atoms with Gasteiger partial charge in [-0.2, -0.15) is 0 Å². The van der Waals surface area contributed by atoms with Crippen LogP contribution in [0.4, 0.5) is 0 Å². The molecule has 0 saturated carbocycles. The number of benzene rings is 1. The van der Waals surface area contributed by atoms with Gasteiger partial charge >= 0.3 is 0 Å². The second-order valence-corrected chi connectivity index (χ2v) is 8.25. The van der Waals surface area contributed by atoms with Crippen molar-refractivity contribution in [2.75, 3.05) is 40.3 Å². The second kappa shape index (κ2) is 8.26. The highest BCUT2D eigenvalue weighted by Gasteiger charge is 2.35. The molecule has 0 spiro atoms. The Kier molecular flexibility index (Phi) is 6.26. The highest BCUT2D eigenvalue weighted by Crippen LogP contribution is 2.29. The van der Waals surface area contributed by atoms with Gasteiger partial charge in [0, 0.05) is 17.1 Å². The Bertz CT molecular complexity index is 587. The molecule has 1 amide bonds. The molecule has 25 heavy (non-hydrogen) atoms. The van der Waals surface area contributed by atoms with Crippen LogP contribution < -0.4 is 0 Å². The summed E-state index contributed by atoms with van der Waals surface area (Å²) >= 11 is 12.4. The van der Waals surface area contributed by atoms with Crippen molar-refractivity contribution < 1.29 is 4.79 Å². The lowest BCUT2D eigenvalue weighted by molar-refractivity contribution is 0.0341. The first kappa shape index (κ1) is 19.0. The largest absolute Gasteiger partial charge is 0.332 e. The van der Waals surface area contributed by atoms with Gasteiger partial charge in [-0.3, -0.25) is 4.79 Å². The number of halogens is 2. The first-order valence-corrected chi connectivity index (χ1v) is 9.86. The van der Waals surface area contributed by atoms with Crippen LogP contribution in [0.1, 0.15) is 36.0 Å². The molecule has 1 aromatic carbocycles. The van der Waals surface area contributed by atoms with Crippen LogP contribution in [0.15, 0.2) is 18.2 Å². The summed E-state index contributed by atoms with van der Waals surface area (Å²) in [6, 6.07) is 5.77. The predicted molar refractivity (Wildman–Crippen MR) is 104 cm³/mol. The average molecular weight is 384 g/mol. The van der Waals surface area contributed by atoms with Crippen molar-refractivity contribution in [2.24, 2.45) is 0 Å². The average Bonchev–Trinajstić information content (AvgIpc) is 2.58. The Morgan fingerprint density at radius 3 is 1.88 bits per heavy atom. The molecular weight excluding hydrogens is 357 g/mol. The Labute approximate surface area is 160 Å². The Morgan fingerprint density at radius 1 is 0.960 bits per heavy atom. The minimum absolute atomic E-state index is 0.0609. The van der Waals surface area contributed by atoms with Crippen molar-refractivity contribution >= 4 is 29.1 Å². The van der Waals surface area contributed by atoms with E-state index < -0.39 is 0 Å². The second-order valence-electron chi connectivity index (χ2n) is 7.41. The van der Waals surface area contributed by atoms with Crippen molar-refractivity contribution in [1.82, 2.24) is 14.7 Å². The monoisotopic (exact) mass is 383 g/mol. The third-order valence-corrected chi connectivity index (χ3v) is 6.11. The molecule has 4 nitrogen and oxygen atoms in total. The van der Waals surface area contributed by atoms with E-state index in [-0.39, 0.29) is 5.91 Å². The topological polar surface area (TPSA) is 26.8 Å². The SMILES string of the molecule is CN1CCC(N(C(=O)c2ccc(Cl)cc2Cl)C2CCN(C)CC2)CC1. The third kappa shape index (κ3) is 4.48. The maximum absolute atomic E-state index is 13.4. The van der Waals surface area contributed by atoms with E-state index in [1.165, 1.54) is 0 Å². The molecule has 2 heterocycles. The maximum Gasteiger partial charge on any atom is 0.255 e. The summed E-state index contributed by atoms with van der Waals surface area (Å²) in [6.07, 6.45) is 4.11. The molecule has 0 N–H and O–H groups in total. The number of piperidine rings is 2. The molecule has 0 aliphatic carbocycles. The lowest BCUT2D eigenvalue weighted by atomic mass is 9.95. The van der Waals surface area contributed by atoms with Crippen molar-refractivity contribution in [2.45, 2.75) is 37.8 Å². The van der Waals surface area contributed by atoms with Crippen LogP contribution >= 0.6 is 23.2 Å². The fourth-order valence-electron chi connectivity index (χ4n) is 3.98. The Hall–Kier alpha value is -0.810. The maximum atomic E-state index is 13.4. The summed E-state index contributed by atoms with van der Waals surface area (Å²) < 4.78 is 0. The Balaban J connectivity index is 1.85. The number of rotatable bonds is 3. The van der Waals surface area contributed by atoms with Crippen molar-refractivity contribution in [3.8, 4) is 0 Å². The number of nitrogens with zero attached hydrogens (tertiary/aromatic N) is 3. The van der Waals surface area contributed by atoms with E-state index in [2.05, 4.69) is 28.8 Å².